The minimum absolute atomic E-state index is 0.0383. The van der Waals surface area contributed by atoms with Gasteiger partial charge in [0.15, 0.2) is 0 Å². The SMILES string of the molecule is CC1CCN(c2ccc(NC(=O)C3CCN(C(=O)OC(C)(C)C)C3)cc2)C1. The number of nitrogens with one attached hydrogen (secondary N) is 1. The predicted molar refractivity (Wildman–Crippen MR) is 107 cm³/mol. The molecule has 2 amide bonds. The summed E-state index contributed by atoms with van der Waals surface area (Å²) in [6.45, 7) is 11.0. The molecule has 0 aliphatic carbocycles. The molecule has 2 aliphatic rings. The Hall–Kier alpha value is -2.24. The van der Waals surface area contributed by atoms with E-state index in [0.717, 1.165) is 24.7 Å². The second kappa shape index (κ2) is 7.79. The number of anilines is 2. The van der Waals surface area contributed by atoms with E-state index in [-0.39, 0.29) is 17.9 Å². The van der Waals surface area contributed by atoms with Crippen LogP contribution in [0.25, 0.3) is 0 Å². The zero-order valence-electron chi connectivity index (χ0n) is 16.8. The highest BCUT2D eigenvalue weighted by atomic mass is 16.6. The van der Waals surface area contributed by atoms with Crippen molar-refractivity contribution in [1.29, 1.82) is 0 Å². The number of hydrogen-bond acceptors (Lipinski definition) is 4. The topological polar surface area (TPSA) is 61.9 Å². The zero-order chi connectivity index (χ0) is 19.6. The Kier molecular flexibility index (Phi) is 5.63. The van der Waals surface area contributed by atoms with Gasteiger partial charge in [0.1, 0.15) is 5.60 Å². The maximum absolute atomic E-state index is 12.6. The summed E-state index contributed by atoms with van der Waals surface area (Å²) < 4.78 is 5.39. The van der Waals surface area contributed by atoms with E-state index in [4.69, 9.17) is 4.74 Å². The smallest absolute Gasteiger partial charge is 0.410 e. The summed E-state index contributed by atoms with van der Waals surface area (Å²) in [4.78, 5) is 28.7. The number of hydrogen-bond donors (Lipinski definition) is 1. The van der Waals surface area contributed by atoms with Crippen molar-refractivity contribution < 1.29 is 14.3 Å². The van der Waals surface area contributed by atoms with E-state index < -0.39 is 5.60 Å². The van der Waals surface area contributed by atoms with Crippen LogP contribution in [0.2, 0.25) is 0 Å². The molecule has 3 rings (SSSR count). The molecule has 1 N–H and O–H groups in total. The highest BCUT2D eigenvalue weighted by molar-refractivity contribution is 5.93. The average Bonchev–Trinajstić information content (AvgIpc) is 3.23. The molecular formula is C21H31N3O3. The van der Waals surface area contributed by atoms with Crippen LogP contribution in [-0.2, 0) is 9.53 Å². The number of ether oxygens (including phenoxy) is 1. The summed E-state index contributed by atoms with van der Waals surface area (Å²) in [6, 6.07) is 8.04. The van der Waals surface area contributed by atoms with Gasteiger partial charge in [-0.15, -0.1) is 0 Å². The monoisotopic (exact) mass is 373 g/mol. The van der Waals surface area contributed by atoms with Crippen LogP contribution < -0.4 is 10.2 Å². The first kappa shape index (κ1) is 19.5. The Morgan fingerprint density at radius 1 is 1.07 bits per heavy atom. The van der Waals surface area contributed by atoms with E-state index in [9.17, 15) is 9.59 Å². The quantitative estimate of drug-likeness (QED) is 0.877. The van der Waals surface area contributed by atoms with Gasteiger partial charge in [-0.1, -0.05) is 6.92 Å². The third-order valence-corrected chi connectivity index (χ3v) is 5.13. The van der Waals surface area contributed by atoms with Gasteiger partial charge in [-0.3, -0.25) is 4.79 Å². The van der Waals surface area contributed by atoms with Crippen molar-refractivity contribution in [2.24, 2.45) is 11.8 Å². The highest BCUT2D eigenvalue weighted by Gasteiger charge is 2.33. The Morgan fingerprint density at radius 3 is 2.37 bits per heavy atom. The van der Waals surface area contributed by atoms with E-state index in [1.165, 1.54) is 12.1 Å². The first-order chi connectivity index (χ1) is 12.7. The molecule has 148 valence electrons. The van der Waals surface area contributed by atoms with Gasteiger partial charge in [0.25, 0.3) is 0 Å². The molecule has 0 bridgehead atoms. The standard InChI is InChI=1S/C21H31N3O3/c1-15-9-11-23(13-15)18-7-5-17(6-8-18)22-19(25)16-10-12-24(14-16)20(26)27-21(2,3)4/h5-8,15-16H,9-14H2,1-4H3,(H,22,25). The largest absolute Gasteiger partial charge is 0.444 e. The molecule has 2 atom stereocenters. The van der Waals surface area contributed by atoms with Crippen molar-refractivity contribution in [1.82, 2.24) is 4.90 Å². The van der Waals surface area contributed by atoms with Crippen LogP contribution in [0.15, 0.2) is 24.3 Å². The third kappa shape index (κ3) is 5.15. The third-order valence-electron chi connectivity index (χ3n) is 5.13. The lowest BCUT2D eigenvalue weighted by Crippen LogP contribution is -2.36. The fourth-order valence-electron chi connectivity index (χ4n) is 3.64. The highest BCUT2D eigenvalue weighted by Crippen LogP contribution is 2.26. The first-order valence-electron chi connectivity index (χ1n) is 9.85. The molecule has 2 aliphatic heterocycles. The van der Waals surface area contributed by atoms with Gasteiger partial charge < -0.3 is 19.9 Å². The molecule has 0 spiro atoms. The summed E-state index contributed by atoms with van der Waals surface area (Å²) in [5.74, 6) is 0.500. The molecule has 2 heterocycles. The average molecular weight is 373 g/mol. The summed E-state index contributed by atoms with van der Waals surface area (Å²) in [6.07, 6.45) is 1.55. The van der Waals surface area contributed by atoms with Gasteiger partial charge in [-0.25, -0.2) is 4.79 Å². The van der Waals surface area contributed by atoms with Crippen LogP contribution in [0.3, 0.4) is 0 Å². The molecule has 0 aromatic heterocycles. The Labute approximate surface area is 161 Å². The number of carbonyl (C=O) groups is 2. The van der Waals surface area contributed by atoms with Crippen molar-refractivity contribution >= 4 is 23.4 Å². The number of amides is 2. The molecule has 0 radical (unpaired) electrons. The van der Waals surface area contributed by atoms with Crippen molar-refractivity contribution in [2.45, 2.75) is 46.1 Å². The number of likely N-dealkylation sites (tertiary alicyclic amines) is 1. The molecule has 2 unspecified atom stereocenters. The minimum atomic E-state index is -0.522. The van der Waals surface area contributed by atoms with Crippen molar-refractivity contribution in [3.8, 4) is 0 Å². The molecule has 2 saturated heterocycles. The number of rotatable bonds is 3. The van der Waals surface area contributed by atoms with E-state index in [0.29, 0.717) is 19.5 Å². The molecule has 6 nitrogen and oxygen atoms in total. The molecule has 1 aromatic carbocycles. The number of carbonyl (C=O) groups excluding carboxylic acids is 2. The lowest BCUT2D eigenvalue weighted by atomic mass is 10.1. The maximum Gasteiger partial charge on any atom is 0.410 e. The van der Waals surface area contributed by atoms with Gasteiger partial charge in [-0.05, 0) is 63.8 Å². The summed E-state index contributed by atoms with van der Waals surface area (Å²) in [5.41, 5.74) is 1.48. The van der Waals surface area contributed by atoms with Crippen LogP contribution in [0.5, 0.6) is 0 Å². The molecule has 27 heavy (non-hydrogen) atoms. The van der Waals surface area contributed by atoms with E-state index >= 15 is 0 Å². The summed E-state index contributed by atoms with van der Waals surface area (Å²) >= 11 is 0. The van der Waals surface area contributed by atoms with E-state index in [2.05, 4.69) is 29.3 Å². The zero-order valence-corrected chi connectivity index (χ0v) is 16.8. The van der Waals surface area contributed by atoms with Crippen LogP contribution in [0, 0.1) is 11.8 Å². The van der Waals surface area contributed by atoms with Gasteiger partial charge in [0.05, 0.1) is 5.92 Å². The summed E-state index contributed by atoms with van der Waals surface area (Å²) in [7, 11) is 0. The van der Waals surface area contributed by atoms with Gasteiger partial charge in [0, 0.05) is 37.6 Å². The number of nitrogens with zero attached hydrogens (tertiary/aromatic N) is 2. The normalized spacial score (nSPS) is 22.8. The second-order valence-corrected chi connectivity index (χ2v) is 8.79. The fraction of sp³-hybridized carbons (Fsp3) is 0.619. The Balaban J connectivity index is 1.51. The summed E-state index contributed by atoms with van der Waals surface area (Å²) in [5, 5.41) is 2.98. The molecule has 6 heteroatoms. The molecule has 0 saturated carbocycles. The lowest BCUT2D eigenvalue weighted by Gasteiger charge is -2.24. The van der Waals surface area contributed by atoms with E-state index in [1.54, 1.807) is 4.90 Å². The van der Waals surface area contributed by atoms with Gasteiger partial charge in [0.2, 0.25) is 5.91 Å². The molecular weight excluding hydrogens is 342 g/mol. The fourth-order valence-corrected chi connectivity index (χ4v) is 3.64. The Bertz CT molecular complexity index is 681. The van der Waals surface area contributed by atoms with Crippen LogP contribution in [-0.4, -0.2) is 48.7 Å². The van der Waals surface area contributed by atoms with Crippen LogP contribution in [0.1, 0.15) is 40.5 Å². The van der Waals surface area contributed by atoms with Gasteiger partial charge >= 0.3 is 6.09 Å². The minimum Gasteiger partial charge on any atom is -0.444 e. The maximum atomic E-state index is 12.6. The van der Waals surface area contributed by atoms with Crippen molar-refractivity contribution in [3.63, 3.8) is 0 Å². The van der Waals surface area contributed by atoms with Crippen molar-refractivity contribution in [3.05, 3.63) is 24.3 Å². The predicted octanol–water partition coefficient (Wildman–Crippen LogP) is 3.73. The lowest BCUT2D eigenvalue weighted by molar-refractivity contribution is -0.119. The van der Waals surface area contributed by atoms with Crippen LogP contribution >= 0.6 is 0 Å². The first-order valence-corrected chi connectivity index (χ1v) is 9.85. The number of benzene rings is 1. The molecule has 1 aromatic rings. The Morgan fingerprint density at radius 2 is 1.78 bits per heavy atom. The van der Waals surface area contributed by atoms with Gasteiger partial charge in [-0.2, -0.15) is 0 Å². The van der Waals surface area contributed by atoms with Crippen molar-refractivity contribution in [2.75, 3.05) is 36.4 Å². The second-order valence-electron chi connectivity index (χ2n) is 8.79. The van der Waals surface area contributed by atoms with E-state index in [1.807, 2.05) is 32.9 Å². The van der Waals surface area contributed by atoms with Crippen LogP contribution in [0.4, 0.5) is 16.2 Å². The molecule has 2 fully saturated rings.